The van der Waals surface area contributed by atoms with Gasteiger partial charge in [-0.2, -0.15) is 0 Å². The van der Waals surface area contributed by atoms with Gasteiger partial charge in [0.05, 0.1) is 12.2 Å². The molecule has 106 valence electrons. The van der Waals surface area contributed by atoms with Crippen molar-refractivity contribution >= 4 is 11.3 Å². The zero-order chi connectivity index (χ0) is 13.5. The summed E-state index contributed by atoms with van der Waals surface area (Å²) in [6.45, 7) is 10.7. The maximum absolute atomic E-state index is 4.81. The number of hydrogen-bond acceptors (Lipinski definition) is 3. The fourth-order valence-corrected chi connectivity index (χ4v) is 4.03. The average Bonchev–Trinajstić information content (AvgIpc) is 3.10. The highest BCUT2D eigenvalue weighted by Gasteiger charge is 2.29. The van der Waals surface area contributed by atoms with Crippen LogP contribution in [0.2, 0.25) is 0 Å². The van der Waals surface area contributed by atoms with Crippen LogP contribution < -0.4 is 0 Å². The standard InChI is InChI=1S/C16H26N2S/c1-16(2,3)13-6-8-18(9-7-13)10-15-17-14(11-19-15)12-4-5-12/h11-13H,4-10H2,1-3H3. The number of aromatic nitrogens is 1. The molecule has 0 N–H and O–H groups in total. The Bertz CT molecular complexity index is 420. The summed E-state index contributed by atoms with van der Waals surface area (Å²) in [6, 6.07) is 0. The number of hydrogen-bond donors (Lipinski definition) is 0. The number of thiazole rings is 1. The predicted molar refractivity (Wildman–Crippen MR) is 81.5 cm³/mol. The van der Waals surface area contributed by atoms with Gasteiger partial charge >= 0.3 is 0 Å². The third-order valence-electron chi connectivity index (χ3n) is 4.74. The fraction of sp³-hybridized carbons (Fsp3) is 0.812. The largest absolute Gasteiger partial charge is 0.297 e. The van der Waals surface area contributed by atoms with E-state index in [1.807, 2.05) is 11.3 Å². The van der Waals surface area contributed by atoms with Gasteiger partial charge in [0.2, 0.25) is 0 Å². The van der Waals surface area contributed by atoms with Gasteiger partial charge in [-0.1, -0.05) is 20.8 Å². The Kier molecular flexibility index (Phi) is 3.69. The molecule has 1 saturated heterocycles. The van der Waals surface area contributed by atoms with Crippen molar-refractivity contribution in [3.8, 4) is 0 Å². The third-order valence-corrected chi connectivity index (χ3v) is 5.59. The molecule has 0 amide bonds. The van der Waals surface area contributed by atoms with Gasteiger partial charge in [0.25, 0.3) is 0 Å². The van der Waals surface area contributed by atoms with Gasteiger partial charge in [-0.15, -0.1) is 11.3 Å². The van der Waals surface area contributed by atoms with Crippen molar-refractivity contribution in [3.05, 3.63) is 16.1 Å². The van der Waals surface area contributed by atoms with Crippen LogP contribution in [-0.4, -0.2) is 23.0 Å². The van der Waals surface area contributed by atoms with Gasteiger partial charge in [0.15, 0.2) is 0 Å². The molecule has 3 rings (SSSR count). The van der Waals surface area contributed by atoms with Gasteiger partial charge in [-0.3, -0.25) is 4.90 Å². The fourth-order valence-electron chi connectivity index (χ4n) is 3.11. The zero-order valence-electron chi connectivity index (χ0n) is 12.5. The van der Waals surface area contributed by atoms with E-state index < -0.39 is 0 Å². The van der Waals surface area contributed by atoms with Crippen molar-refractivity contribution < 1.29 is 0 Å². The normalized spacial score (nSPS) is 22.9. The van der Waals surface area contributed by atoms with Crippen LogP contribution >= 0.6 is 11.3 Å². The maximum Gasteiger partial charge on any atom is 0.107 e. The second-order valence-corrected chi connectivity index (χ2v) is 8.30. The molecule has 0 spiro atoms. The number of piperidine rings is 1. The average molecular weight is 278 g/mol. The van der Waals surface area contributed by atoms with Crippen LogP contribution in [0.3, 0.4) is 0 Å². The van der Waals surface area contributed by atoms with Crippen LogP contribution in [0.15, 0.2) is 5.38 Å². The molecule has 3 heteroatoms. The van der Waals surface area contributed by atoms with Crippen molar-refractivity contribution in [1.82, 2.24) is 9.88 Å². The molecule has 2 fully saturated rings. The molecular formula is C16H26N2S. The molecule has 1 saturated carbocycles. The minimum Gasteiger partial charge on any atom is -0.297 e. The van der Waals surface area contributed by atoms with Crippen molar-refractivity contribution in [1.29, 1.82) is 0 Å². The molecule has 0 atom stereocenters. The van der Waals surface area contributed by atoms with E-state index in [9.17, 15) is 0 Å². The zero-order valence-corrected chi connectivity index (χ0v) is 13.3. The van der Waals surface area contributed by atoms with Crippen LogP contribution in [0.25, 0.3) is 0 Å². The quantitative estimate of drug-likeness (QED) is 0.820. The second-order valence-electron chi connectivity index (χ2n) is 7.36. The molecule has 0 aromatic carbocycles. The summed E-state index contributed by atoms with van der Waals surface area (Å²) in [4.78, 5) is 7.41. The monoisotopic (exact) mass is 278 g/mol. The topological polar surface area (TPSA) is 16.1 Å². The number of likely N-dealkylation sites (tertiary alicyclic amines) is 1. The summed E-state index contributed by atoms with van der Waals surface area (Å²) in [5.74, 6) is 1.69. The highest BCUT2D eigenvalue weighted by atomic mass is 32.1. The predicted octanol–water partition coefficient (Wildman–Crippen LogP) is 4.28. The molecule has 0 bridgehead atoms. The molecule has 1 aromatic heterocycles. The molecule has 2 aliphatic rings. The highest BCUT2D eigenvalue weighted by Crippen LogP contribution is 2.40. The first-order chi connectivity index (χ1) is 9.02. The van der Waals surface area contributed by atoms with E-state index >= 15 is 0 Å². The van der Waals surface area contributed by atoms with E-state index in [-0.39, 0.29) is 0 Å². The van der Waals surface area contributed by atoms with Crippen LogP contribution in [-0.2, 0) is 6.54 Å². The van der Waals surface area contributed by atoms with Crippen molar-refractivity contribution in [2.75, 3.05) is 13.1 Å². The smallest absolute Gasteiger partial charge is 0.107 e. The molecule has 1 aliphatic carbocycles. The van der Waals surface area contributed by atoms with Crippen LogP contribution in [0.5, 0.6) is 0 Å². The summed E-state index contributed by atoms with van der Waals surface area (Å²) in [5, 5.41) is 3.62. The summed E-state index contributed by atoms with van der Waals surface area (Å²) >= 11 is 1.87. The lowest BCUT2D eigenvalue weighted by Crippen LogP contribution is -2.37. The van der Waals surface area contributed by atoms with E-state index in [4.69, 9.17) is 4.98 Å². The molecule has 2 nitrogen and oxygen atoms in total. The second kappa shape index (κ2) is 5.17. The Morgan fingerprint density at radius 2 is 1.89 bits per heavy atom. The summed E-state index contributed by atoms with van der Waals surface area (Å²) < 4.78 is 0. The van der Waals surface area contributed by atoms with E-state index in [1.165, 1.54) is 49.5 Å². The van der Waals surface area contributed by atoms with E-state index in [0.717, 1.165) is 18.4 Å². The molecule has 0 unspecified atom stereocenters. The molecule has 1 aromatic rings. The minimum absolute atomic E-state index is 0.479. The highest BCUT2D eigenvalue weighted by molar-refractivity contribution is 7.09. The lowest BCUT2D eigenvalue weighted by molar-refractivity contribution is 0.108. The summed E-state index contributed by atoms with van der Waals surface area (Å²) in [5.41, 5.74) is 1.84. The van der Waals surface area contributed by atoms with Crippen LogP contribution in [0.4, 0.5) is 0 Å². The SMILES string of the molecule is CC(C)(C)C1CCN(Cc2nc(C3CC3)cs2)CC1. The van der Waals surface area contributed by atoms with E-state index in [1.54, 1.807) is 0 Å². The Balaban J connectivity index is 1.51. The van der Waals surface area contributed by atoms with Gasteiger partial charge in [0.1, 0.15) is 5.01 Å². The van der Waals surface area contributed by atoms with Crippen LogP contribution in [0, 0.1) is 11.3 Å². The van der Waals surface area contributed by atoms with E-state index in [2.05, 4.69) is 31.1 Å². The van der Waals surface area contributed by atoms with Crippen molar-refractivity contribution in [3.63, 3.8) is 0 Å². The minimum atomic E-state index is 0.479. The van der Waals surface area contributed by atoms with Crippen molar-refractivity contribution in [2.24, 2.45) is 11.3 Å². The molecule has 1 aliphatic heterocycles. The first kappa shape index (κ1) is 13.6. The lowest BCUT2D eigenvalue weighted by atomic mass is 9.75. The Morgan fingerprint density at radius 3 is 2.47 bits per heavy atom. The third kappa shape index (κ3) is 3.38. The molecule has 2 heterocycles. The first-order valence-electron chi connectivity index (χ1n) is 7.69. The van der Waals surface area contributed by atoms with E-state index in [0.29, 0.717) is 5.41 Å². The molecular weight excluding hydrogens is 252 g/mol. The summed E-state index contributed by atoms with van der Waals surface area (Å²) in [6.07, 6.45) is 5.43. The van der Waals surface area contributed by atoms with Crippen LogP contribution in [0.1, 0.15) is 63.1 Å². The Labute approximate surface area is 121 Å². The van der Waals surface area contributed by atoms with Crippen molar-refractivity contribution in [2.45, 2.75) is 58.9 Å². The Morgan fingerprint density at radius 1 is 1.21 bits per heavy atom. The van der Waals surface area contributed by atoms with Gasteiger partial charge in [-0.05, 0) is 50.1 Å². The number of nitrogens with zero attached hydrogens (tertiary/aromatic N) is 2. The number of rotatable bonds is 3. The van der Waals surface area contributed by atoms with Gasteiger partial charge in [0, 0.05) is 11.3 Å². The summed E-state index contributed by atoms with van der Waals surface area (Å²) in [7, 11) is 0. The lowest BCUT2D eigenvalue weighted by Gasteiger charge is -2.38. The first-order valence-corrected chi connectivity index (χ1v) is 8.57. The molecule has 0 radical (unpaired) electrons. The van der Waals surface area contributed by atoms with Gasteiger partial charge < -0.3 is 0 Å². The maximum atomic E-state index is 4.81. The molecule has 19 heavy (non-hydrogen) atoms. The van der Waals surface area contributed by atoms with Gasteiger partial charge in [-0.25, -0.2) is 4.98 Å². The Hall–Kier alpha value is -0.410.